The SMILES string of the molecule is COc1cccc(NC(=O)COC(=O)[C@@H]2CC(=O)N(NC(=O)c3ccc(Cl)c(Cl)c3)C2)c1. The van der Waals surface area contributed by atoms with Crippen LogP contribution in [0.4, 0.5) is 5.69 Å². The Kier molecular flexibility index (Phi) is 7.55. The van der Waals surface area contributed by atoms with Crippen molar-refractivity contribution < 1.29 is 28.7 Å². The second-order valence-corrected chi connectivity index (χ2v) is 7.68. The quantitative estimate of drug-likeness (QED) is 0.590. The van der Waals surface area contributed by atoms with Gasteiger partial charge in [0.05, 0.1) is 29.6 Å². The number of hydrogen-bond acceptors (Lipinski definition) is 6. The van der Waals surface area contributed by atoms with Crippen LogP contribution in [0.25, 0.3) is 0 Å². The van der Waals surface area contributed by atoms with Crippen LogP contribution in [0.15, 0.2) is 42.5 Å². The first kappa shape index (κ1) is 23.4. The molecule has 9 nitrogen and oxygen atoms in total. The molecule has 0 aromatic heterocycles. The standard InChI is InChI=1S/C21H19Cl2N3O6/c1-31-15-4-2-3-14(9-15)24-18(27)11-32-21(30)13-8-19(28)26(10-13)25-20(29)12-5-6-16(22)17(23)7-12/h2-7,9,13H,8,10-11H2,1H3,(H,24,27)(H,25,29)/t13-/m1/s1. The number of nitrogens with one attached hydrogen (secondary N) is 2. The number of rotatable bonds is 7. The average molecular weight is 480 g/mol. The lowest BCUT2D eigenvalue weighted by atomic mass is 10.1. The van der Waals surface area contributed by atoms with Crippen LogP contribution in [0.3, 0.4) is 0 Å². The van der Waals surface area contributed by atoms with Gasteiger partial charge in [0.1, 0.15) is 5.75 Å². The number of carbonyl (C=O) groups is 4. The van der Waals surface area contributed by atoms with E-state index < -0.39 is 36.2 Å². The van der Waals surface area contributed by atoms with Crippen molar-refractivity contribution in [3.05, 3.63) is 58.1 Å². The van der Waals surface area contributed by atoms with Gasteiger partial charge in [-0.05, 0) is 30.3 Å². The normalized spacial score (nSPS) is 15.3. The molecule has 1 aliphatic heterocycles. The molecule has 1 atom stereocenters. The third-order valence-corrected chi connectivity index (χ3v) is 5.31. The first-order valence-electron chi connectivity index (χ1n) is 9.43. The summed E-state index contributed by atoms with van der Waals surface area (Å²) in [5.41, 5.74) is 3.11. The Labute approximate surface area is 193 Å². The predicted octanol–water partition coefficient (Wildman–Crippen LogP) is 2.68. The van der Waals surface area contributed by atoms with Crippen LogP contribution < -0.4 is 15.5 Å². The first-order chi connectivity index (χ1) is 15.3. The molecule has 1 aliphatic rings. The monoisotopic (exact) mass is 479 g/mol. The highest BCUT2D eigenvalue weighted by Gasteiger charge is 2.36. The van der Waals surface area contributed by atoms with Crippen LogP contribution in [-0.4, -0.2) is 49.0 Å². The Morgan fingerprint density at radius 2 is 1.91 bits per heavy atom. The van der Waals surface area contributed by atoms with Gasteiger partial charge < -0.3 is 14.8 Å². The number of ether oxygens (including phenoxy) is 2. The van der Waals surface area contributed by atoms with E-state index in [2.05, 4.69) is 10.7 Å². The number of carbonyl (C=O) groups excluding carboxylic acids is 4. The van der Waals surface area contributed by atoms with E-state index in [-0.39, 0.29) is 23.6 Å². The summed E-state index contributed by atoms with van der Waals surface area (Å²) in [5, 5.41) is 4.10. The summed E-state index contributed by atoms with van der Waals surface area (Å²) in [5.74, 6) is -2.55. The van der Waals surface area contributed by atoms with E-state index in [4.69, 9.17) is 32.7 Å². The lowest BCUT2D eigenvalue weighted by Gasteiger charge is -2.17. The van der Waals surface area contributed by atoms with Crippen molar-refractivity contribution in [2.24, 2.45) is 5.92 Å². The fraction of sp³-hybridized carbons (Fsp3) is 0.238. The maximum Gasteiger partial charge on any atom is 0.311 e. The van der Waals surface area contributed by atoms with E-state index in [1.807, 2.05) is 0 Å². The molecule has 3 amide bonds. The maximum absolute atomic E-state index is 12.3. The molecule has 1 fully saturated rings. The van der Waals surface area contributed by atoms with Gasteiger partial charge in [0.15, 0.2) is 6.61 Å². The minimum absolute atomic E-state index is 0.0811. The van der Waals surface area contributed by atoms with E-state index in [9.17, 15) is 19.2 Å². The highest BCUT2D eigenvalue weighted by Crippen LogP contribution is 2.23. The zero-order chi connectivity index (χ0) is 23.3. The zero-order valence-electron chi connectivity index (χ0n) is 16.9. The summed E-state index contributed by atoms with van der Waals surface area (Å²) in [6.07, 6.45) is -0.155. The van der Waals surface area contributed by atoms with Crippen LogP contribution in [0.5, 0.6) is 5.75 Å². The van der Waals surface area contributed by atoms with Crippen molar-refractivity contribution in [1.29, 1.82) is 0 Å². The number of benzene rings is 2. The fourth-order valence-electron chi connectivity index (χ4n) is 2.95. The van der Waals surface area contributed by atoms with Gasteiger partial charge in [0, 0.05) is 23.7 Å². The largest absolute Gasteiger partial charge is 0.497 e. The summed E-state index contributed by atoms with van der Waals surface area (Å²) in [6.45, 7) is -0.599. The second kappa shape index (κ2) is 10.3. The maximum atomic E-state index is 12.3. The topological polar surface area (TPSA) is 114 Å². The van der Waals surface area contributed by atoms with Gasteiger partial charge in [0.25, 0.3) is 11.8 Å². The van der Waals surface area contributed by atoms with E-state index in [1.165, 1.54) is 25.3 Å². The van der Waals surface area contributed by atoms with E-state index in [0.717, 1.165) is 5.01 Å². The summed E-state index contributed by atoms with van der Waals surface area (Å²) < 4.78 is 10.1. The van der Waals surface area contributed by atoms with Gasteiger partial charge in [-0.2, -0.15) is 0 Å². The van der Waals surface area contributed by atoms with Crippen molar-refractivity contribution in [3.8, 4) is 5.75 Å². The lowest BCUT2D eigenvalue weighted by Crippen LogP contribution is -2.43. The van der Waals surface area contributed by atoms with Gasteiger partial charge in [-0.1, -0.05) is 29.3 Å². The molecule has 1 heterocycles. The van der Waals surface area contributed by atoms with E-state index in [0.29, 0.717) is 16.5 Å². The number of methoxy groups -OCH3 is 1. The smallest absolute Gasteiger partial charge is 0.311 e. The molecule has 0 unspecified atom stereocenters. The second-order valence-electron chi connectivity index (χ2n) is 6.86. The number of hydrazine groups is 1. The first-order valence-corrected chi connectivity index (χ1v) is 10.2. The highest BCUT2D eigenvalue weighted by molar-refractivity contribution is 6.42. The van der Waals surface area contributed by atoms with Crippen molar-refractivity contribution in [2.45, 2.75) is 6.42 Å². The number of amides is 3. The van der Waals surface area contributed by atoms with E-state index in [1.54, 1.807) is 24.3 Å². The Bertz CT molecular complexity index is 1060. The molecule has 0 saturated carbocycles. The molecule has 0 radical (unpaired) electrons. The summed E-state index contributed by atoms with van der Waals surface area (Å²) in [6, 6.07) is 11.0. The molecule has 11 heteroatoms. The number of nitrogens with zero attached hydrogens (tertiary/aromatic N) is 1. The Morgan fingerprint density at radius 1 is 1.12 bits per heavy atom. The van der Waals surface area contributed by atoms with Crippen LogP contribution in [0.2, 0.25) is 10.0 Å². The predicted molar refractivity (Wildman–Crippen MR) is 116 cm³/mol. The zero-order valence-corrected chi connectivity index (χ0v) is 18.4. The number of halogens is 2. The number of esters is 1. The molecule has 32 heavy (non-hydrogen) atoms. The Balaban J connectivity index is 1.49. The van der Waals surface area contributed by atoms with Crippen LogP contribution in [0.1, 0.15) is 16.8 Å². The van der Waals surface area contributed by atoms with Gasteiger partial charge in [-0.25, -0.2) is 0 Å². The number of hydrogen-bond donors (Lipinski definition) is 2. The van der Waals surface area contributed by atoms with Crippen LogP contribution >= 0.6 is 23.2 Å². The molecule has 0 bridgehead atoms. The Morgan fingerprint density at radius 3 is 2.62 bits per heavy atom. The summed E-state index contributed by atoms with van der Waals surface area (Å²) in [4.78, 5) is 48.8. The fourth-order valence-corrected chi connectivity index (χ4v) is 3.25. The molecule has 0 spiro atoms. The van der Waals surface area contributed by atoms with Crippen molar-refractivity contribution >= 4 is 52.6 Å². The van der Waals surface area contributed by atoms with E-state index >= 15 is 0 Å². The van der Waals surface area contributed by atoms with Crippen molar-refractivity contribution in [3.63, 3.8) is 0 Å². The molecular formula is C21H19Cl2N3O6. The van der Waals surface area contributed by atoms with Crippen molar-refractivity contribution in [1.82, 2.24) is 10.4 Å². The third kappa shape index (κ3) is 5.89. The van der Waals surface area contributed by atoms with Gasteiger partial charge >= 0.3 is 5.97 Å². The number of anilines is 1. The molecule has 0 aliphatic carbocycles. The molecular weight excluding hydrogens is 461 g/mol. The molecule has 2 aromatic rings. The van der Waals surface area contributed by atoms with Gasteiger partial charge in [-0.3, -0.25) is 29.6 Å². The van der Waals surface area contributed by atoms with Gasteiger partial charge in [-0.15, -0.1) is 0 Å². The third-order valence-electron chi connectivity index (χ3n) is 4.58. The molecule has 2 N–H and O–H groups in total. The molecule has 3 rings (SSSR count). The lowest BCUT2D eigenvalue weighted by molar-refractivity contribution is -0.151. The minimum atomic E-state index is -0.818. The minimum Gasteiger partial charge on any atom is -0.497 e. The average Bonchev–Trinajstić information content (AvgIpc) is 3.14. The van der Waals surface area contributed by atoms with Gasteiger partial charge in [0.2, 0.25) is 5.91 Å². The Hall–Kier alpha value is -3.30. The van der Waals surface area contributed by atoms with Crippen LogP contribution in [0, 0.1) is 5.92 Å². The summed E-state index contributed by atoms with van der Waals surface area (Å²) >= 11 is 11.7. The summed E-state index contributed by atoms with van der Waals surface area (Å²) in [7, 11) is 1.50. The van der Waals surface area contributed by atoms with Crippen LogP contribution in [-0.2, 0) is 19.1 Å². The molecule has 2 aromatic carbocycles. The molecule has 168 valence electrons. The molecule has 1 saturated heterocycles. The van der Waals surface area contributed by atoms with Crippen molar-refractivity contribution in [2.75, 3.05) is 25.6 Å². The highest BCUT2D eigenvalue weighted by atomic mass is 35.5.